The van der Waals surface area contributed by atoms with Crippen molar-refractivity contribution in [3.8, 4) is 0 Å². The molecular weight excluding hydrogens is 234 g/mol. The molecule has 0 unspecified atom stereocenters. The topological polar surface area (TPSA) is 19.4 Å². The number of likely N-dealkylation sites (tertiary alicyclic amines) is 1. The summed E-state index contributed by atoms with van der Waals surface area (Å²) in [6.45, 7) is 6.91. The van der Waals surface area contributed by atoms with Crippen LogP contribution in [0.2, 0.25) is 0 Å². The Kier molecular flexibility index (Phi) is 4.81. The van der Waals surface area contributed by atoms with Crippen LogP contribution in [0.4, 0.5) is 5.82 Å². The molecule has 19 heavy (non-hydrogen) atoms. The summed E-state index contributed by atoms with van der Waals surface area (Å²) in [5.41, 5.74) is 2.68. The van der Waals surface area contributed by atoms with E-state index >= 15 is 0 Å². The molecule has 3 heteroatoms. The molecule has 1 aliphatic rings. The number of rotatable bonds is 5. The Balaban J connectivity index is 2.14. The Morgan fingerprint density at radius 3 is 2.84 bits per heavy atom. The van der Waals surface area contributed by atoms with Crippen LogP contribution in [-0.2, 0) is 0 Å². The maximum Gasteiger partial charge on any atom is 0.130 e. The molecule has 1 aromatic rings. The lowest BCUT2D eigenvalue weighted by Gasteiger charge is -2.25. The highest BCUT2D eigenvalue weighted by molar-refractivity contribution is 5.46. The third-order valence-corrected chi connectivity index (χ3v) is 4.04. The van der Waals surface area contributed by atoms with Crippen LogP contribution in [0, 0.1) is 6.92 Å². The highest BCUT2D eigenvalue weighted by Gasteiger charge is 2.25. The van der Waals surface area contributed by atoms with Crippen molar-refractivity contribution in [1.29, 1.82) is 0 Å². The van der Waals surface area contributed by atoms with Crippen LogP contribution in [0.15, 0.2) is 12.3 Å². The predicted molar refractivity (Wildman–Crippen MR) is 81.8 cm³/mol. The summed E-state index contributed by atoms with van der Waals surface area (Å²) in [6.07, 6.45) is 7.27. The summed E-state index contributed by atoms with van der Waals surface area (Å²) in [4.78, 5) is 9.36. The molecule has 0 aromatic carbocycles. The quantitative estimate of drug-likeness (QED) is 0.810. The van der Waals surface area contributed by atoms with E-state index in [9.17, 15) is 0 Å². The van der Waals surface area contributed by atoms with Gasteiger partial charge in [-0.05, 0) is 56.5 Å². The summed E-state index contributed by atoms with van der Waals surface area (Å²) < 4.78 is 0. The second-order valence-electron chi connectivity index (χ2n) is 5.85. The van der Waals surface area contributed by atoms with E-state index in [1.165, 1.54) is 49.9 Å². The Morgan fingerprint density at radius 1 is 1.42 bits per heavy atom. The minimum absolute atomic E-state index is 0.592. The number of aromatic nitrogens is 1. The molecule has 3 nitrogen and oxygen atoms in total. The molecule has 106 valence electrons. The van der Waals surface area contributed by atoms with Crippen molar-refractivity contribution in [2.75, 3.05) is 32.1 Å². The van der Waals surface area contributed by atoms with Gasteiger partial charge >= 0.3 is 0 Å². The number of nitrogens with zero attached hydrogens (tertiary/aromatic N) is 3. The minimum atomic E-state index is 0.592. The molecule has 0 N–H and O–H groups in total. The molecule has 2 rings (SSSR count). The number of anilines is 1. The van der Waals surface area contributed by atoms with Crippen molar-refractivity contribution in [3.63, 3.8) is 0 Å². The highest BCUT2D eigenvalue weighted by Crippen LogP contribution is 2.33. The summed E-state index contributed by atoms with van der Waals surface area (Å²) in [5.74, 6) is 1.09. The van der Waals surface area contributed by atoms with Gasteiger partial charge in [-0.1, -0.05) is 13.3 Å². The van der Waals surface area contributed by atoms with E-state index in [1.807, 2.05) is 0 Å². The molecule has 0 amide bonds. The van der Waals surface area contributed by atoms with E-state index in [2.05, 4.69) is 55.0 Å². The molecule has 0 radical (unpaired) electrons. The van der Waals surface area contributed by atoms with Crippen molar-refractivity contribution >= 4 is 5.82 Å². The zero-order valence-corrected chi connectivity index (χ0v) is 12.8. The fraction of sp³-hybridized carbons (Fsp3) is 0.688. The van der Waals surface area contributed by atoms with Crippen molar-refractivity contribution in [2.45, 2.75) is 45.6 Å². The second-order valence-corrected chi connectivity index (χ2v) is 5.85. The smallest absolute Gasteiger partial charge is 0.130 e. The third kappa shape index (κ3) is 3.27. The summed E-state index contributed by atoms with van der Waals surface area (Å²) in [6, 6.07) is 2.92. The van der Waals surface area contributed by atoms with Crippen molar-refractivity contribution in [1.82, 2.24) is 9.88 Å². The minimum Gasteiger partial charge on any atom is -0.363 e. The molecule has 0 spiro atoms. The first kappa shape index (κ1) is 14.3. The Bertz CT molecular complexity index is 414. The average Bonchev–Trinajstić information content (AvgIpc) is 2.83. The monoisotopic (exact) mass is 261 g/mol. The zero-order valence-electron chi connectivity index (χ0n) is 12.8. The van der Waals surface area contributed by atoms with Gasteiger partial charge in [-0.3, -0.25) is 4.90 Å². The molecule has 0 bridgehead atoms. The Hall–Kier alpha value is -1.09. The van der Waals surface area contributed by atoms with Gasteiger partial charge in [-0.2, -0.15) is 0 Å². The lowest BCUT2D eigenvalue weighted by Crippen LogP contribution is -2.24. The number of hydrogen-bond acceptors (Lipinski definition) is 3. The molecule has 1 aromatic heterocycles. The zero-order chi connectivity index (χ0) is 13.8. The van der Waals surface area contributed by atoms with Gasteiger partial charge in [0.1, 0.15) is 5.82 Å². The molecular formula is C16H27N3. The highest BCUT2D eigenvalue weighted by atomic mass is 15.2. The van der Waals surface area contributed by atoms with Crippen LogP contribution >= 0.6 is 0 Å². The van der Waals surface area contributed by atoms with Gasteiger partial charge in [0.25, 0.3) is 0 Å². The van der Waals surface area contributed by atoms with Gasteiger partial charge in [0, 0.05) is 26.3 Å². The van der Waals surface area contributed by atoms with Crippen LogP contribution in [-0.4, -0.2) is 37.1 Å². The van der Waals surface area contributed by atoms with E-state index in [0.29, 0.717) is 6.04 Å². The molecule has 1 saturated heterocycles. The van der Waals surface area contributed by atoms with Gasteiger partial charge < -0.3 is 4.90 Å². The lowest BCUT2D eigenvalue weighted by atomic mass is 10.0. The maximum atomic E-state index is 4.64. The Labute approximate surface area is 117 Å². The number of pyridine rings is 1. The molecule has 2 heterocycles. The molecule has 1 fully saturated rings. The second kappa shape index (κ2) is 6.38. The van der Waals surface area contributed by atoms with E-state index < -0.39 is 0 Å². The maximum absolute atomic E-state index is 4.64. The number of aryl methyl sites for hydroxylation is 1. The third-order valence-electron chi connectivity index (χ3n) is 4.04. The number of hydrogen-bond donors (Lipinski definition) is 0. The molecule has 0 saturated carbocycles. The van der Waals surface area contributed by atoms with E-state index in [4.69, 9.17) is 0 Å². The van der Waals surface area contributed by atoms with Crippen molar-refractivity contribution in [2.24, 2.45) is 0 Å². The van der Waals surface area contributed by atoms with Crippen LogP contribution < -0.4 is 4.90 Å². The summed E-state index contributed by atoms with van der Waals surface area (Å²) >= 11 is 0. The van der Waals surface area contributed by atoms with Crippen molar-refractivity contribution < 1.29 is 0 Å². The Morgan fingerprint density at radius 2 is 2.21 bits per heavy atom. The first-order valence-corrected chi connectivity index (χ1v) is 7.51. The summed E-state index contributed by atoms with van der Waals surface area (Å²) in [7, 11) is 4.11. The predicted octanol–water partition coefficient (Wildman–Crippen LogP) is 3.39. The fourth-order valence-corrected chi connectivity index (χ4v) is 3.07. The van der Waals surface area contributed by atoms with Crippen LogP contribution in [0.5, 0.6) is 0 Å². The fourth-order valence-electron chi connectivity index (χ4n) is 3.07. The van der Waals surface area contributed by atoms with Gasteiger partial charge in [0.05, 0.1) is 0 Å². The standard InChI is InChI=1S/C16H27N3/c1-5-6-9-19-10-7-8-15(19)14-11-13(2)16(17-12-14)18(3)4/h11-12,15H,5-10H2,1-4H3/t15-/m0/s1. The molecule has 0 aliphatic carbocycles. The normalized spacial score (nSPS) is 19.9. The first-order chi connectivity index (χ1) is 9.13. The van der Waals surface area contributed by atoms with Gasteiger partial charge in [-0.25, -0.2) is 4.98 Å². The first-order valence-electron chi connectivity index (χ1n) is 7.51. The van der Waals surface area contributed by atoms with Gasteiger partial charge in [0.2, 0.25) is 0 Å². The van der Waals surface area contributed by atoms with Gasteiger partial charge in [-0.15, -0.1) is 0 Å². The van der Waals surface area contributed by atoms with Crippen LogP contribution in [0.3, 0.4) is 0 Å². The van der Waals surface area contributed by atoms with Crippen molar-refractivity contribution in [3.05, 3.63) is 23.4 Å². The largest absolute Gasteiger partial charge is 0.363 e. The van der Waals surface area contributed by atoms with E-state index in [0.717, 1.165) is 5.82 Å². The molecule has 1 aliphatic heterocycles. The SMILES string of the molecule is CCCCN1CCC[C@H]1c1cnc(N(C)C)c(C)c1. The average molecular weight is 261 g/mol. The molecule has 1 atom stereocenters. The number of unbranched alkanes of at least 4 members (excludes halogenated alkanes) is 1. The summed E-state index contributed by atoms with van der Waals surface area (Å²) in [5, 5.41) is 0. The van der Waals surface area contributed by atoms with E-state index in [-0.39, 0.29) is 0 Å². The van der Waals surface area contributed by atoms with Crippen LogP contribution in [0.1, 0.15) is 49.8 Å². The van der Waals surface area contributed by atoms with Gasteiger partial charge in [0.15, 0.2) is 0 Å². The van der Waals surface area contributed by atoms with Crippen LogP contribution in [0.25, 0.3) is 0 Å². The lowest BCUT2D eigenvalue weighted by molar-refractivity contribution is 0.253. The van der Waals surface area contributed by atoms with E-state index in [1.54, 1.807) is 0 Å².